The number of aromatic nitrogens is 3. The number of pyridine rings is 1. The van der Waals surface area contributed by atoms with Crippen molar-refractivity contribution in [3.8, 4) is 11.4 Å². The van der Waals surface area contributed by atoms with Gasteiger partial charge < -0.3 is 14.9 Å². The van der Waals surface area contributed by atoms with Crippen molar-refractivity contribution >= 4 is 5.91 Å². The first-order chi connectivity index (χ1) is 12.0. The number of carbonyl (C=O) groups excluding carboxylic acids is 1. The molecule has 7 nitrogen and oxygen atoms in total. The molecule has 0 saturated heterocycles. The number of hydrogen-bond donors (Lipinski definition) is 2. The number of nitrogens with one attached hydrogen (secondary N) is 1. The minimum Gasteiger partial charge on any atom is -0.389 e. The van der Waals surface area contributed by atoms with Crippen molar-refractivity contribution in [1.29, 1.82) is 0 Å². The molecule has 0 radical (unpaired) electrons. The minimum absolute atomic E-state index is 0.0735. The quantitative estimate of drug-likeness (QED) is 0.835. The Kier molecular flexibility index (Phi) is 5.13. The second-order valence-electron chi connectivity index (χ2n) is 7.10. The highest BCUT2D eigenvalue weighted by atomic mass is 16.5. The molecule has 0 bridgehead atoms. The Balaban J connectivity index is 1.71. The van der Waals surface area contributed by atoms with E-state index in [9.17, 15) is 9.90 Å². The molecule has 1 unspecified atom stereocenters. The standard InChI is InChI=1S/C18H24N4O3/c1-12(2)15(20-14(23)10-18(24)7-3-4-8-18)17-21-16(22-25-17)13-6-5-9-19-11-13/h5-6,9,11-12,15,24H,3-4,7-8,10H2,1-2H3,(H,20,23). The summed E-state index contributed by atoms with van der Waals surface area (Å²) in [4.78, 5) is 20.9. The fraction of sp³-hybridized carbons (Fsp3) is 0.556. The van der Waals surface area contributed by atoms with E-state index in [4.69, 9.17) is 4.52 Å². The third-order valence-electron chi connectivity index (χ3n) is 4.63. The molecule has 1 aliphatic rings. The Hall–Kier alpha value is -2.28. The number of nitrogens with zero attached hydrogens (tertiary/aromatic N) is 3. The van der Waals surface area contributed by atoms with E-state index >= 15 is 0 Å². The average Bonchev–Trinajstić information content (AvgIpc) is 3.22. The van der Waals surface area contributed by atoms with Crippen molar-refractivity contribution in [2.75, 3.05) is 0 Å². The Bertz CT molecular complexity index is 708. The van der Waals surface area contributed by atoms with E-state index in [2.05, 4.69) is 20.4 Å². The Labute approximate surface area is 146 Å². The lowest BCUT2D eigenvalue weighted by atomic mass is 9.96. The third-order valence-corrected chi connectivity index (χ3v) is 4.63. The summed E-state index contributed by atoms with van der Waals surface area (Å²) in [6.45, 7) is 3.95. The zero-order valence-corrected chi connectivity index (χ0v) is 14.6. The smallest absolute Gasteiger partial charge is 0.249 e. The van der Waals surface area contributed by atoms with Gasteiger partial charge in [0.2, 0.25) is 17.6 Å². The minimum atomic E-state index is -0.874. The summed E-state index contributed by atoms with van der Waals surface area (Å²) >= 11 is 0. The van der Waals surface area contributed by atoms with Gasteiger partial charge in [0.15, 0.2) is 0 Å². The van der Waals surface area contributed by atoms with Gasteiger partial charge in [-0.1, -0.05) is 31.8 Å². The molecule has 0 spiro atoms. The summed E-state index contributed by atoms with van der Waals surface area (Å²) < 4.78 is 5.37. The van der Waals surface area contributed by atoms with Crippen molar-refractivity contribution in [2.45, 2.75) is 57.6 Å². The van der Waals surface area contributed by atoms with Gasteiger partial charge in [-0.25, -0.2) is 0 Å². The molecule has 1 aliphatic carbocycles. The molecule has 2 aromatic rings. The van der Waals surface area contributed by atoms with Gasteiger partial charge in [-0.15, -0.1) is 0 Å². The average molecular weight is 344 g/mol. The first-order valence-corrected chi connectivity index (χ1v) is 8.73. The third kappa shape index (κ3) is 4.22. The van der Waals surface area contributed by atoms with Crippen molar-refractivity contribution in [2.24, 2.45) is 5.92 Å². The summed E-state index contributed by atoms with van der Waals surface area (Å²) in [5.41, 5.74) is -0.118. The van der Waals surface area contributed by atoms with Crippen LogP contribution in [0.5, 0.6) is 0 Å². The summed E-state index contributed by atoms with van der Waals surface area (Å²) in [6.07, 6.45) is 6.74. The van der Waals surface area contributed by atoms with Crippen LogP contribution in [0.15, 0.2) is 29.0 Å². The summed E-state index contributed by atoms with van der Waals surface area (Å²) in [6, 6.07) is 3.26. The van der Waals surface area contributed by atoms with Crippen LogP contribution in [0.3, 0.4) is 0 Å². The number of amides is 1. The van der Waals surface area contributed by atoms with Gasteiger partial charge in [-0.2, -0.15) is 4.98 Å². The van der Waals surface area contributed by atoms with Crippen LogP contribution in [0.2, 0.25) is 0 Å². The van der Waals surface area contributed by atoms with Crippen LogP contribution < -0.4 is 5.32 Å². The molecule has 1 amide bonds. The van der Waals surface area contributed by atoms with Crippen LogP contribution in [-0.2, 0) is 4.79 Å². The lowest BCUT2D eigenvalue weighted by Crippen LogP contribution is -2.38. The second-order valence-corrected chi connectivity index (χ2v) is 7.10. The van der Waals surface area contributed by atoms with E-state index in [1.165, 1.54) is 0 Å². The van der Waals surface area contributed by atoms with Gasteiger partial charge in [-0.3, -0.25) is 9.78 Å². The van der Waals surface area contributed by atoms with Crippen LogP contribution >= 0.6 is 0 Å². The predicted molar refractivity (Wildman–Crippen MR) is 91.3 cm³/mol. The topological polar surface area (TPSA) is 101 Å². The lowest BCUT2D eigenvalue weighted by molar-refractivity contribution is -0.127. The van der Waals surface area contributed by atoms with E-state index in [-0.39, 0.29) is 18.2 Å². The number of aliphatic hydroxyl groups is 1. The molecule has 25 heavy (non-hydrogen) atoms. The van der Waals surface area contributed by atoms with Gasteiger partial charge in [0.1, 0.15) is 6.04 Å². The van der Waals surface area contributed by atoms with Crippen LogP contribution in [0.25, 0.3) is 11.4 Å². The molecule has 7 heteroatoms. The van der Waals surface area contributed by atoms with Crippen LogP contribution in [0.4, 0.5) is 0 Å². The molecule has 0 aliphatic heterocycles. The Morgan fingerprint density at radius 3 is 2.80 bits per heavy atom. The SMILES string of the molecule is CC(C)C(NC(=O)CC1(O)CCCC1)c1nc(-c2cccnc2)no1. The van der Waals surface area contributed by atoms with Crippen LogP contribution in [0.1, 0.15) is 57.9 Å². The highest BCUT2D eigenvalue weighted by molar-refractivity contribution is 5.77. The molecule has 2 aromatic heterocycles. The normalized spacial score (nSPS) is 17.6. The van der Waals surface area contributed by atoms with E-state index in [0.717, 1.165) is 18.4 Å². The van der Waals surface area contributed by atoms with E-state index < -0.39 is 11.6 Å². The number of hydrogen-bond acceptors (Lipinski definition) is 6. The molecule has 134 valence electrons. The molecule has 3 rings (SSSR count). The molecule has 1 saturated carbocycles. The molecule has 2 heterocycles. The van der Waals surface area contributed by atoms with E-state index in [0.29, 0.717) is 24.6 Å². The molecular weight excluding hydrogens is 320 g/mol. The molecule has 1 fully saturated rings. The summed E-state index contributed by atoms with van der Waals surface area (Å²) in [5, 5.41) is 17.3. The maximum absolute atomic E-state index is 12.4. The molecule has 2 N–H and O–H groups in total. The van der Waals surface area contributed by atoms with E-state index in [1.54, 1.807) is 18.5 Å². The van der Waals surface area contributed by atoms with Gasteiger partial charge in [0, 0.05) is 18.0 Å². The number of rotatable bonds is 6. The Morgan fingerprint density at radius 2 is 2.16 bits per heavy atom. The van der Waals surface area contributed by atoms with Gasteiger partial charge in [-0.05, 0) is 30.9 Å². The monoisotopic (exact) mass is 344 g/mol. The van der Waals surface area contributed by atoms with E-state index in [1.807, 2.05) is 19.9 Å². The largest absolute Gasteiger partial charge is 0.389 e. The molecule has 1 atom stereocenters. The lowest BCUT2D eigenvalue weighted by Gasteiger charge is -2.24. The van der Waals surface area contributed by atoms with Crippen molar-refractivity contribution in [3.63, 3.8) is 0 Å². The summed E-state index contributed by atoms with van der Waals surface area (Å²) in [5.74, 6) is 0.687. The van der Waals surface area contributed by atoms with Crippen molar-refractivity contribution in [1.82, 2.24) is 20.4 Å². The second kappa shape index (κ2) is 7.31. The van der Waals surface area contributed by atoms with Crippen molar-refractivity contribution in [3.05, 3.63) is 30.4 Å². The van der Waals surface area contributed by atoms with Crippen LogP contribution in [-0.4, -0.2) is 31.7 Å². The fourth-order valence-corrected chi connectivity index (χ4v) is 3.22. The van der Waals surface area contributed by atoms with Crippen LogP contribution in [0, 0.1) is 5.92 Å². The maximum atomic E-state index is 12.4. The Morgan fingerprint density at radius 1 is 1.40 bits per heavy atom. The summed E-state index contributed by atoms with van der Waals surface area (Å²) in [7, 11) is 0. The predicted octanol–water partition coefficient (Wildman–Crippen LogP) is 2.64. The van der Waals surface area contributed by atoms with Gasteiger partial charge >= 0.3 is 0 Å². The molecular formula is C18H24N4O3. The highest BCUT2D eigenvalue weighted by Crippen LogP contribution is 2.32. The zero-order chi connectivity index (χ0) is 17.9. The highest BCUT2D eigenvalue weighted by Gasteiger charge is 2.35. The number of carbonyl (C=O) groups is 1. The fourth-order valence-electron chi connectivity index (χ4n) is 3.22. The van der Waals surface area contributed by atoms with Gasteiger partial charge in [0.25, 0.3) is 0 Å². The van der Waals surface area contributed by atoms with Crippen molar-refractivity contribution < 1.29 is 14.4 Å². The first-order valence-electron chi connectivity index (χ1n) is 8.73. The molecule has 0 aromatic carbocycles. The zero-order valence-electron chi connectivity index (χ0n) is 14.6. The van der Waals surface area contributed by atoms with Gasteiger partial charge in [0.05, 0.1) is 12.0 Å². The first kappa shape index (κ1) is 17.5. The maximum Gasteiger partial charge on any atom is 0.249 e.